The molecule has 176 valence electrons. The van der Waals surface area contributed by atoms with Crippen molar-refractivity contribution >= 4 is 17.5 Å². The largest absolute Gasteiger partial charge is 0.505 e. The van der Waals surface area contributed by atoms with Crippen molar-refractivity contribution in [1.82, 2.24) is 24.8 Å². The van der Waals surface area contributed by atoms with Crippen molar-refractivity contribution in [2.45, 2.75) is 50.9 Å². The molecule has 7 nitrogen and oxygen atoms in total. The normalized spacial score (nSPS) is 19.6. The van der Waals surface area contributed by atoms with Crippen molar-refractivity contribution in [3.8, 4) is 17.3 Å². The number of nitrogens with zero attached hydrogens (tertiary/aromatic N) is 5. The second kappa shape index (κ2) is 8.19. The van der Waals surface area contributed by atoms with Crippen LogP contribution in [0.4, 0.5) is 13.2 Å². The van der Waals surface area contributed by atoms with Gasteiger partial charge < -0.3 is 10.0 Å². The zero-order valence-corrected chi connectivity index (χ0v) is 18.7. The molecule has 3 aromatic rings. The lowest BCUT2D eigenvalue weighted by Gasteiger charge is -2.46. The van der Waals surface area contributed by atoms with Crippen LogP contribution >= 0.6 is 11.6 Å². The standard InChI is InChI=1S/C23H19ClF3N5O2/c1-11-30-19-15(20(31-11)21-28-9-13(33)10-29-21)8-12-4-2-7-17(19)32(12)22(34)14-5-3-6-16(18(14)24)23(25,26)27/h3,5-6,9-10,12,17,33H,2,4,7-8H2,1H3. The quantitative estimate of drug-likeness (QED) is 0.550. The summed E-state index contributed by atoms with van der Waals surface area (Å²) in [5.41, 5.74) is 0.776. The van der Waals surface area contributed by atoms with Crippen LogP contribution < -0.4 is 0 Å². The smallest absolute Gasteiger partial charge is 0.417 e. The SMILES string of the molecule is Cc1nc(-c2ncc(O)cn2)c2c(n1)C1CCCC(C2)N1C(=O)c1cccc(C(F)(F)F)c1Cl. The third-order valence-electron chi connectivity index (χ3n) is 6.27. The van der Waals surface area contributed by atoms with E-state index in [1.807, 2.05) is 0 Å². The van der Waals surface area contributed by atoms with E-state index in [0.717, 1.165) is 18.1 Å². The third kappa shape index (κ3) is 3.75. The average molecular weight is 490 g/mol. The lowest BCUT2D eigenvalue weighted by molar-refractivity contribution is -0.137. The average Bonchev–Trinajstić information content (AvgIpc) is 2.78. The Bertz CT molecular complexity index is 1280. The second-order valence-corrected chi connectivity index (χ2v) is 8.81. The molecule has 1 saturated heterocycles. The van der Waals surface area contributed by atoms with Gasteiger partial charge in [-0.3, -0.25) is 4.79 Å². The molecular weight excluding hydrogens is 471 g/mol. The zero-order valence-electron chi connectivity index (χ0n) is 18.0. The number of aromatic hydroxyl groups is 1. The number of aryl methyl sites for hydroxylation is 1. The Kier molecular flexibility index (Phi) is 5.43. The van der Waals surface area contributed by atoms with Crippen LogP contribution in [-0.2, 0) is 12.6 Å². The highest BCUT2D eigenvalue weighted by molar-refractivity contribution is 6.34. The Morgan fingerprint density at radius 1 is 1.18 bits per heavy atom. The summed E-state index contributed by atoms with van der Waals surface area (Å²) in [4.78, 5) is 32.7. The maximum absolute atomic E-state index is 13.6. The molecule has 0 saturated carbocycles. The summed E-state index contributed by atoms with van der Waals surface area (Å²) in [7, 11) is 0. The van der Waals surface area contributed by atoms with Crippen molar-refractivity contribution in [2.24, 2.45) is 0 Å². The maximum Gasteiger partial charge on any atom is 0.417 e. The van der Waals surface area contributed by atoms with Crippen molar-refractivity contribution in [2.75, 3.05) is 0 Å². The van der Waals surface area contributed by atoms with Gasteiger partial charge in [0, 0.05) is 11.6 Å². The Morgan fingerprint density at radius 2 is 1.91 bits per heavy atom. The number of carbonyl (C=O) groups excluding carboxylic acids is 1. The molecule has 1 fully saturated rings. The van der Waals surface area contributed by atoms with Crippen molar-refractivity contribution in [3.63, 3.8) is 0 Å². The molecule has 2 aliphatic rings. The van der Waals surface area contributed by atoms with Crippen molar-refractivity contribution in [1.29, 1.82) is 0 Å². The van der Waals surface area contributed by atoms with Crippen LogP contribution in [0.5, 0.6) is 5.75 Å². The van der Waals surface area contributed by atoms with E-state index < -0.39 is 28.7 Å². The minimum atomic E-state index is -4.67. The van der Waals surface area contributed by atoms with Gasteiger partial charge in [-0.2, -0.15) is 13.2 Å². The number of hydrogen-bond donors (Lipinski definition) is 1. The van der Waals surface area contributed by atoms with E-state index in [1.54, 1.807) is 11.8 Å². The minimum absolute atomic E-state index is 0.0741. The predicted octanol–water partition coefficient (Wildman–Crippen LogP) is 4.91. The molecule has 2 unspecified atom stereocenters. The summed E-state index contributed by atoms with van der Waals surface area (Å²) in [6, 6.07) is 2.70. The molecule has 11 heteroatoms. The molecule has 0 radical (unpaired) electrons. The number of carbonyl (C=O) groups is 1. The number of amides is 1. The number of aromatic nitrogens is 4. The molecule has 2 bridgehead atoms. The first-order chi connectivity index (χ1) is 16.1. The molecular formula is C23H19ClF3N5O2. The van der Waals surface area contributed by atoms with Crippen molar-refractivity contribution in [3.05, 3.63) is 63.8 Å². The summed E-state index contributed by atoms with van der Waals surface area (Å²) in [5.74, 6) is 0.169. The number of hydrogen-bond acceptors (Lipinski definition) is 6. The fourth-order valence-electron chi connectivity index (χ4n) is 4.87. The minimum Gasteiger partial charge on any atom is -0.505 e. The van der Waals surface area contributed by atoms with E-state index in [9.17, 15) is 23.1 Å². The third-order valence-corrected chi connectivity index (χ3v) is 6.68. The molecule has 5 rings (SSSR count). The van der Waals surface area contributed by atoms with Gasteiger partial charge in [-0.15, -0.1) is 0 Å². The molecule has 2 aliphatic heterocycles. The number of alkyl halides is 3. The predicted molar refractivity (Wildman–Crippen MR) is 116 cm³/mol. The Hall–Kier alpha value is -3.27. The lowest BCUT2D eigenvalue weighted by Crippen LogP contribution is -2.50. The highest BCUT2D eigenvalue weighted by Crippen LogP contribution is 2.45. The first-order valence-electron chi connectivity index (χ1n) is 10.7. The highest BCUT2D eigenvalue weighted by atomic mass is 35.5. The first kappa shape index (κ1) is 22.5. The van der Waals surface area contributed by atoms with Crippen LogP contribution in [0, 0.1) is 6.92 Å². The summed E-state index contributed by atoms with van der Waals surface area (Å²) in [5, 5.41) is 8.94. The monoisotopic (exact) mass is 489 g/mol. The molecule has 4 heterocycles. The van der Waals surface area contributed by atoms with E-state index in [-0.39, 0.29) is 17.4 Å². The van der Waals surface area contributed by atoms with Gasteiger partial charge in [-0.05, 0) is 44.7 Å². The number of piperidine rings is 1. The van der Waals surface area contributed by atoms with E-state index in [0.29, 0.717) is 42.3 Å². The number of rotatable bonds is 2. The molecule has 0 spiro atoms. The summed E-state index contributed by atoms with van der Waals surface area (Å²) in [6.07, 6.45) is 0.445. The Balaban J connectivity index is 1.60. The van der Waals surface area contributed by atoms with Crippen LogP contribution in [0.1, 0.15) is 58.3 Å². The molecule has 1 N–H and O–H groups in total. The lowest BCUT2D eigenvalue weighted by atomic mass is 9.81. The van der Waals surface area contributed by atoms with Crippen LogP contribution in [-0.4, -0.2) is 41.9 Å². The highest BCUT2D eigenvalue weighted by Gasteiger charge is 2.44. The zero-order chi connectivity index (χ0) is 24.2. The Morgan fingerprint density at radius 3 is 2.62 bits per heavy atom. The second-order valence-electron chi connectivity index (χ2n) is 8.43. The summed E-state index contributed by atoms with van der Waals surface area (Å²) >= 11 is 6.08. The van der Waals surface area contributed by atoms with Gasteiger partial charge in [0.25, 0.3) is 5.91 Å². The topological polar surface area (TPSA) is 92.1 Å². The molecule has 1 aromatic carbocycles. The molecule has 0 aliphatic carbocycles. The molecule has 2 atom stereocenters. The van der Waals surface area contributed by atoms with E-state index in [4.69, 9.17) is 11.6 Å². The number of halogens is 4. The number of benzene rings is 1. The molecule has 34 heavy (non-hydrogen) atoms. The van der Waals surface area contributed by atoms with Crippen LogP contribution in [0.3, 0.4) is 0 Å². The van der Waals surface area contributed by atoms with Gasteiger partial charge in [0.05, 0.1) is 40.3 Å². The fraction of sp³-hybridized carbons (Fsp3) is 0.348. The summed E-state index contributed by atoms with van der Waals surface area (Å²) in [6.45, 7) is 1.72. The van der Waals surface area contributed by atoms with Gasteiger partial charge in [0.2, 0.25) is 0 Å². The van der Waals surface area contributed by atoms with Crippen LogP contribution in [0.25, 0.3) is 11.5 Å². The maximum atomic E-state index is 13.6. The van der Waals surface area contributed by atoms with Crippen LogP contribution in [0.15, 0.2) is 30.6 Å². The van der Waals surface area contributed by atoms with Crippen molar-refractivity contribution < 1.29 is 23.1 Å². The fourth-order valence-corrected chi connectivity index (χ4v) is 5.18. The molecule has 1 amide bonds. The van der Waals surface area contributed by atoms with Gasteiger partial charge in [0.1, 0.15) is 11.5 Å². The first-order valence-corrected chi connectivity index (χ1v) is 11.1. The van der Waals surface area contributed by atoms with Gasteiger partial charge >= 0.3 is 6.18 Å². The van der Waals surface area contributed by atoms with Gasteiger partial charge in [0.15, 0.2) is 11.6 Å². The van der Waals surface area contributed by atoms with Gasteiger partial charge in [-0.1, -0.05) is 17.7 Å². The van der Waals surface area contributed by atoms with Crippen LogP contribution in [0.2, 0.25) is 5.02 Å². The van der Waals surface area contributed by atoms with Gasteiger partial charge in [-0.25, -0.2) is 19.9 Å². The summed E-state index contributed by atoms with van der Waals surface area (Å²) < 4.78 is 40.2. The van der Waals surface area contributed by atoms with E-state index in [1.165, 1.54) is 24.5 Å². The van der Waals surface area contributed by atoms with E-state index >= 15 is 0 Å². The Labute approximate surface area is 197 Å². The molecule has 2 aromatic heterocycles. The number of fused-ring (bicyclic) bond motifs is 4. The van der Waals surface area contributed by atoms with E-state index in [2.05, 4.69) is 19.9 Å².